The smallest absolute Gasteiger partial charge is 0.251 e. The lowest BCUT2D eigenvalue weighted by Gasteiger charge is -2.08. The third-order valence-electron chi connectivity index (χ3n) is 3.12. The zero-order chi connectivity index (χ0) is 14.5. The fourth-order valence-corrected chi connectivity index (χ4v) is 1.91. The van der Waals surface area contributed by atoms with Gasteiger partial charge in [-0.15, -0.1) is 0 Å². The van der Waals surface area contributed by atoms with Gasteiger partial charge in [0.15, 0.2) is 0 Å². The van der Waals surface area contributed by atoms with Crippen molar-refractivity contribution in [1.82, 2.24) is 15.1 Å². The average Bonchev–Trinajstić information content (AvgIpc) is 2.84. The van der Waals surface area contributed by atoms with E-state index in [0.717, 1.165) is 0 Å². The number of carbonyl (C=O) groups excluding carboxylic acids is 1. The number of hydrogen-bond donors (Lipinski definition) is 2. The summed E-state index contributed by atoms with van der Waals surface area (Å²) in [4.78, 5) is 12.0. The van der Waals surface area contributed by atoms with Gasteiger partial charge in [0.25, 0.3) is 5.91 Å². The highest BCUT2D eigenvalue weighted by atomic mass is 16.1. The van der Waals surface area contributed by atoms with Crippen LogP contribution in [0, 0.1) is 0 Å². The number of aromatic nitrogens is 2. The molecule has 5 nitrogen and oxygen atoms in total. The van der Waals surface area contributed by atoms with E-state index >= 15 is 0 Å². The first-order chi connectivity index (χ1) is 9.56. The van der Waals surface area contributed by atoms with Crippen molar-refractivity contribution in [3.05, 3.63) is 47.8 Å². The summed E-state index contributed by atoms with van der Waals surface area (Å²) in [6, 6.07) is 7.70. The van der Waals surface area contributed by atoms with Gasteiger partial charge in [-0.3, -0.25) is 9.48 Å². The summed E-state index contributed by atoms with van der Waals surface area (Å²) in [5.41, 5.74) is 8.10. The van der Waals surface area contributed by atoms with Gasteiger partial charge in [-0.05, 0) is 23.6 Å². The van der Waals surface area contributed by atoms with Crippen LogP contribution in [-0.4, -0.2) is 22.2 Å². The van der Waals surface area contributed by atoms with Crippen molar-refractivity contribution in [1.29, 1.82) is 0 Å². The SMILES string of the molecule is CC(C)c1ccc(C(=O)NCCn2cc(N)cn2)cc1. The van der Waals surface area contributed by atoms with Crippen LogP contribution in [0.25, 0.3) is 0 Å². The summed E-state index contributed by atoms with van der Waals surface area (Å²) in [6.07, 6.45) is 3.33. The highest BCUT2D eigenvalue weighted by Crippen LogP contribution is 2.14. The molecule has 2 aromatic rings. The van der Waals surface area contributed by atoms with Gasteiger partial charge in [0.1, 0.15) is 0 Å². The average molecular weight is 272 g/mol. The van der Waals surface area contributed by atoms with Gasteiger partial charge in [-0.25, -0.2) is 0 Å². The molecule has 2 rings (SSSR count). The van der Waals surface area contributed by atoms with E-state index in [1.165, 1.54) is 5.56 Å². The van der Waals surface area contributed by atoms with Crippen molar-refractivity contribution < 1.29 is 4.79 Å². The van der Waals surface area contributed by atoms with Crippen molar-refractivity contribution in [3.63, 3.8) is 0 Å². The van der Waals surface area contributed by atoms with E-state index in [4.69, 9.17) is 5.73 Å². The number of nitrogen functional groups attached to an aromatic ring is 1. The summed E-state index contributed by atoms with van der Waals surface area (Å²) in [5, 5.41) is 6.92. The molecule has 0 atom stereocenters. The summed E-state index contributed by atoms with van der Waals surface area (Å²) in [5.74, 6) is 0.401. The molecule has 0 spiro atoms. The van der Waals surface area contributed by atoms with Gasteiger partial charge < -0.3 is 11.1 Å². The van der Waals surface area contributed by atoms with Crippen LogP contribution in [0.2, 0.25) is 0 Å². The molecule has 0 saturated carbocycles. The lowest BCUT2D eigenvalue weighted by molar-refractivity contribution is 0.0952. The molecule has 0 unspecified atom stereocenters. The van der Waals surface area contributed by atoms with E-state index in [1.54, 1.807) is 17.1 Å². The topological polar surface area (TPSA) is 72.9 Å². The third-order valence-corrected chi connectivity index (χ3v) is 3.12. The molecule has 0 aliphatic carbocycles. The number of benzene rings is 1. The Morgan fingerprint density at radius 2 is 2.05 bits per heavy atom. The highest BCUT2D eigenvalue weighted by molar-refractivity contribution is 5.94. The maximum atomic E-state index is 12.0. The number of hydrogen-bond acceptors (Lipinski definition) is 3. The molecular weight excluding hydrogens is 252 g/mol. The molecule has 3 N–H and O–H groups in total. The predicted octanol–water partition coefficient (Wildman–Crippen LogP) is 2.02. The Morgan fingerprint density at radius 3 is 2.60 bits per heavy atom. The summed E-state index contributed by atoms with van der Waals surface area (Å²) >= 11 is 0. The van der Waals surface area contributed by atoms with Crippen LogP contribution in [0.15, 0.2) is 36.7 Å². The fraction of sp³-hybridized carbons (Fsp3) is 0.333. The van der Waals surface area contributed by atoms with Crippen LogP contribution in [0.3, 0.4) is 0 Å². The Labute approximate surface area is 118 Å². The van der Waals surface area contributed by atoms with Gasteiger partial charge in [-0.2, -0.15) is 5.10 Å². The maximum absolute atomic E-state index is 12.0. The Kier molecular flexibility index (Phi) is 4.40. The summed E-state index contributed by atoms with van der Waals surface area (Å²) in [6.45, 7) is 5.38. The monoisotopic (exact) mass is 272 g/mol. The first-order valence-corrected chi connectivity index (χ1v) is 6.72. The second-order valence-corrected chi connectivity index (χ2v) is 5.07. The number of carbonyl (C=O) groups is 1. The summed E-state index contributed by atoms with van der Waals surface area (Å²) in [7, 11) is 0. The van der Waals surface area contributed by atoms with Gasteiger partial charge in [0, 0.05) is 18.3 Å². The Morgan fingerprint density at radius 1 is 1.35 bits per heavy atom. The number of amides is 1. The Balaban J connectivity index is 1.85. The highest BCUT2D eigenvalue weighted by Gasteiger charge is 2.06. The number of nitrogens with two attached hydrogens (primary N) is 1. The zero-order valence-corrected chi connectivity index (χ0v) is 11.8. The van der Waals surface area contributed by atoms with E-state index in [0.29, 0.717) is 30.3 Å². The zero-order valence-electron chi connectivity index (χ0n) is 11.8. The first kappa shape index (κ1) is 14.1. The predicted molar refractivity (Wildman–Crippen MR) is 79.5 cm³/mol. The molecule has 1 aromatic carbocycles. The van der Waals surface area contributed by atoms with E-state index in [-0.39, 0.29) is 5.91 Å². The standard InChI is InChI=1S/C15H20N4O/c1-11(2)12-3-5-13(6-4-12)15(20)17-7-8-19-10-14(16)9-18-19/h3-6,9-11H,7-8,16H2,1-2H3,(H,17,20). The number of nitrogens with zero attached hydrogens (tertiary/aromatic N) is 2. The molecule has 20 heavy (non-hydrogen) atoms. The molecule has 1 heterocycles. The molecule has 1 aromatic heterocycles. The fourth-order valence-electron chi connectivity index (χ4n) is 1.91. The van der Waals surface area contributed by atoms with Gasteiger partial charge >= 0.3 is 0 Å². The molecule has 0 bridgehead atoms. The van der Waals surface area contributed by atoms with E-state index < -0.39 is 0 Å². The van der Waals surface area contributed by atoms with Crippen molar-refractivity contribution in [2.45, 2.75) is 26.3 Å². The minimum absolute atomic E-state index is 0.0690. The van der Waals surface area contributed by atoms with Crippen molar-refractivity contribution in [2.75, 3.05) is 12.3 Å². The van der Waals surface area contributed by atoms with E-state index in [9.17, 15) is 4.79 Å². The summed E-state index contributed by atoms with van der Waals surface area (Å²) < 4.78 is 1.71. The normalized spacial score (nSPS) is 10.8. The van der Waals surface area contributed by atoms with Crippen LogP contribution in [0.5, 0.6) is 0 Å². The lowest BCUT2D eigenvalue weighted by atomic mass is 10.0. The van der Waals surface area contributed by atoms with Gasteiger partial charge in [-0.1, -0.05) is 26.0 Å². The van der Waals surface area contributed by atoms with Crippen molar-refractivity contribution >= 4 is 11.6 Å². The minimum atomic E-state index is -0.0690. The molecule has 0 aliphatic rings. The lowest BCUT2D eigenvalue weighted by Crippen LogP contribution is -2.27. The second-order valence-electron chi connectivity index (χ2n) is 5.07. The molecular formula is C15H20N4O. The van der Waals surface area contributed by atoms with E-state index in [1.807, 2.05) is 24.3 Å². The van der Waals surface area contributed by atoms with Gasteiger partial charge in [0.05, 0.1) is 18.4 Å². The molecule has 106 valence electrons. The number of nitrogens with one attached hydrogen (secondary N) is 1. The molecule has 0 aliphatic heterocycles. The van der Waals surface area contributed by atoms with Crippen LogP contribution in [0.1, 0.15) is 35.7 Å². The molecule has 5 heteroatoms. The van der Waals surface area contributed by atoms with Crippen LogP contribution < -0.4 is 11.1 Å². The molecule has 0 radical (unpaired) electrons. The Bertz CT molecular complexity index is 572. The van der Waals surface area contributed by atoms with Crippen LogP contribution >= 0.6 is 0 Å². The Hall–Kier alpha value is -2.30. The second kappa shape index (κ2) is 6.23. The molecule has 0 saturated heterocycles. The largest absolute Gasteiger partial charge is 0.396 e. The van der Waals surface area contributed by atoms with Crippen molar-refractivity contribution in [2.24, 2.45) is 0 Å². The van der Waals surface area contributed by atoms with Crippen LogP contribution in [-0.2, 0) is 6.54 Å². The number of anilines is 1. The van der Waals surface area contributed by atoms with Gasteiger partial charge in [0.2, 0.25) is 0 Å². The third kappa shape index (κ3) is 3.60. The number of rotatable bonds is 5. The van der Waals surface area contributed by atoms with Crippen LogP contribution in [0.4, 0.5) is 5.69 Å². The quantitative estimate of drug-likeness (QED) is 0.874. The van der Waals surface area contributed by atoms with E-state index in [2.05, 4.69) is 24.3 Å². The maximum Gasteiger partial charge on any atom is 0.251 e. The minimum Gasteiger partial charge on any atom is -0.396 e. The molecule has 0 fully saturated rings. The van der Waals surface area contributed by atoms with Crippen molar-refractivity contribution in [3.8, 4) is 0 Å². The molecule has 1 amide bonds. The first-order valence-electron chi connectivity index (χ1n) is 6.72.